The van der Waals surface area contributed by atoms with Crippen molar-refractivity contribution in [2.24, 2.45) is 0 Å². The average molecular weight is 377 g/mol. The van der Waals surface area contributed by atoms with Gasteiger partial charge in [-0.3, -0.25) is 10.1 Å². The lowest BCUT2D eigenvalue weighted by Gasteiger charge is -2.05. The predicted molar refractivity (Wildman–Crippen MR) is 99.6 cm³/mol. The molecule has 8 heteroatoms. The van der Waals surface area contributed by atoms with Crippen molar-refractivity contribution in [1.29, 1.82) is 0 Å². The van der Waals surface area contributed by atoms with Gasteiger partial charge in [-0.25, -0.2) is 0 Å². The van der Waals surface area contributed by atoms with Crippen molar-refractivity contribution in [1.82, 2.24) is 10.1 Å². The second-order valence-electron chi connectivity index (χ2n) is 6.05. The average Bonchev–Trinajstić information content (AvgIpc) is 3.36. The molecule has 0 saturated carbocycles. The van der Waals surface area contributed by atoms with Crippen LogP contribution in [0.15, 0.2) is 69.6 Å². The molecule has 2 heterocycles. The van der Waals surface area contributed by atoms with Crippen LogP contribution in [0, 0.1) is 17.0 Å². The highest BCUT2D eigenvalue weighted by atomic mass is 16.6. The first-order valence-corrected chi connectivity index (χ1v) is 8.46. The Morgan fingerprint density at radius 1 is 1.11 bits per heavy atom. The molecule has 140 valence electrons. The van der Waals surface area contributed by atoms with E-state index in [0.29, 0.717) is 28.7 Å². The topological polar surface area (TPSA) is 104 Å². The summed E-state index contributed by atoms with van der Waals surface area (Å²) >= 11 is 0. The van der Waals surface area contributed by atoms with Crippen LogP contribution in [0.2, 0.25) is 0 Å². The molecule has 0 saturated heterocycles. The van der Waals surface area contributed by atoms with Crippen LogP contribution in [-0.2, 0) is 6.61 Å². The fourth-order valence-corrected chi connectivity index (χ4v) is 2.68. The van der Waals surface area contributed by atoms with Crippen LogP contribution in [-0.4, -0.2) is 15.1 Å². The number of nitro groups is 1. The number of benzene rings is 2. The molecule has 0 radical (unpaired) electrons. The monoisotopic (exact) mass is 377 g/mol. The number of nitrogens with zero attached hydrogens (tertiary/aromatic N) is 3. The Morgan fingerprint density at radius 3 is 2.68 bits per heavy atom. The van der Waals surface area contributed by atoms with Crippen molar-refractivity contribution in [2.75, 3.05) is 0 Å². The molecular formula is C20H15N3O5. The third-order valence-corrected chi connectivity index (χ3v) is 4.08. The van der Waals surface area contributed by atoms with Crippen molar-refractivity contribution < 1.29 is 18.6 Å². The van der Waals surface area contributed by atoms with Gasteiger partial charge in [-0.05, 0) is 31.2 Å². The van der Waals surface area contributed by atoms with Gasteiger partial charge in [0.2, 0.25) is 5.82 Å². The number of hydrogen-bond donors (Lipinski definition) is 0. The maximum atomic E-state index is 10.9. The predicted octanol–water partition coefficient (Wildman–Crippen LogP) is 4.79. The highest BCUT2D eigenvalue weighted by Gasteiger charge is 2.15. The van der Waals surface area contributed by atoms with Crippen molar-refractivity contribution in [2.45, 2.75) is 13.5 Å². The molecule has 2 aromatic heterocycles. The quantitative estimate of drug-likeness (QED) is 0.351. The van der Waals surface area contributed by atoms with E-state index in [4.69, 9.17) is 13.7 Å². The molecule has 0 aliphatic rings. The van der Waals surface area contributed by atoms with Gasteiger partial charge in [-0.2, -0.15) is 4.98 Å². The van der Waals surface area contributed by atoms with Gasteiger partial charge in [-0.1, -0.05) is 35.5 Å². The van der Waals surface area contributed by atoms with Crippen LogP contribution in [0.4, 0.5) is 5.69 Å². The van der Waals surface area contributed by atoms with Crippen LogP contribution in [0.25, 0.3) is 23.0 Å². The van der Waals surface area contributed by atoms with Crippen LogP contribution < -0.4 is 4.74 Å². The maximum absolute atomic E-state index is 10.9. The van der Waals surface area contributed by atoms with E-state index < -0.39 is 4.92 Å². The first-order chi connectivity index (χ1) is 13.6. The molecule has 0 unspecified atom stereocenters. The van der Waals surface area contributed by atoms with E-state index in [1.54, 1.807) is 31.2 Å². The standard InChI is InChI=1S/C20H15N3O5/c1-13-11-15(7-9-17(13)23(24)25)26-12-16-8-10-18(27-16)20-21-19(22-28-20)14-5-3-2-4-6-14/h2-11H,12H2,1H3. The van der Waals surface area contributed by atoms with E-state index in [0.717, 1.165) is 5.56 Å². The lowest BCUT2D eigenvalue weighted by Crippen LogP contribution is -1.96. The van der Waals surface area contributed by atoms with Gasteiger partial charge >= 0.3 is 0 Å². The van der Waals surface area contributed by atoms with Gasteiger partial charge in [0.15, 0.2) is 5.76 Å². The lowest BCUT2D eigenvalue weighted by molar-refractivity contribution is -0.385. The number of aromatic nitrogens is 2. The van der Waals surface area contributed by atoms with Crippen molar-refractivity contribution in [3.8, 4) is 28.8 Å². The summed E-state index contributed by atoms with van der Waals surface area (Å²) in [7, 11) is 0. The third-order valence-electron chi connectivity index (χ3n) is 4.08. The molecule has 4 aromatic rings. The molecule has 0 atom stereocenters. The SMILES string of the molecule is Cc1cc(OCc2ccc(-c3nc(-c4ccccc4)no3)o2)ccc1[N+](=O)[O-]. The second-order valence-corrected chi connectivity index (χ2v) is 6.05. The number of hydrogen-bond acceptors (Lipinski definition) is 7. The summed E-state index contributed by atoms with van der Waals surface area (Å²) in [6, 6.07) is 17.6. The molecule has 0 bridgehead atoms. The Labute approximate surface area is 159 Å². The van der Waals surface area contributed by atoms with E-state index in [-0.39, 0.29) is 18.2 Å². The highest BCUT2D eigenvalue weighted by Crippen LogP contribution is 2.26. The van der Waals surface area contributed by atoms with Gasteiger partial charge < -0.3 is 13.7 Å². The molecule has 0 amide bonds. The Hall–Kier alpha value is -3.94. The first kappa shape index (κ1) is 17.5. The van der Waals surface area contributed by atoms with Crippen molar-refractivity contribution in [3.63, 3.8) is 0 Å². The largest absolute Gasteiger partial charge is 0.486 e. The van der Waals surface area contributed by atoms with Gasteiger partial charge in [0.25, 0.3) is 11.6 Å². The second kappa shape index (κ2) is 7.36. The van der Waals surface area contributed by atoms with Crippen LogP contribution in [0.1, 0.15) is 11.3 Å². The highest BCUT2D eigenvalue weighted by molar-refractivity contribution is 5.57. The summed E-state index contributed by atoms with van der Waals surface area (Å²) in [5.41, 5.74) is 1.43. The van der Waals surface area contributed by atoms with Crippen LogP contribution >= 0.6 is 0 Å². The van der Waals surface area contributed by atoms with Gasteiger partial charge in [0.05, 0.1) is 4.92 Å². The fraction of sp³-hybridized carbons (Fsp3) is 0.100. The summed E-state index contributed by atoms with van der Waals surface area (Å²) in [5.74, 6) is 2.27. The minimum Gasteiger partial charge on any atom is -0.486 e. The molecule has 0 fully saturated rings. The van der Waals surface area contributed by atoms with E-state index >= 15 is 0 Å². The first-order valence-electron chi connectivity index (χ1n) is 8.46. The molecule has 0 spiro atoms. The van der Waals surface area contributed by atoms with Gasteiger partial charge in [0, 0.05) is 17.2 Å². The number of rotatable bonds is 6. The van der Waals surface area contributed by atoms with E-state index in [1.807, 2.05) is 30.3 Å². The zero-order valence-electron chi connectivity index (χ0n) is 14.9. The maximum Gasteiger partial charge on any atom is 0.293 e. The number of ether oxygens (including phenoxy) is 1. The number of furan rings is 1. The minimum atomic E-state index is -0.425. The Balaban J connectivity index is 1.45. The molecule has 0 aliphatic heterocycles. The Bertz CT molecular complexity index is 1120. The number of aryl methyl sites for hydroxylation is 1. The summed E-state index contributed by atoms with van der Waals surface area (Å²) in [6.07, 6.45) is 0. The van der Waals surface area contributed by atoms with E-state index in [2.05, 4.69) is 10.1 Å². The zero-order chi connectivity index (χ0) is 19.5. The van der Waals surface area contributed by atoms with Crippen LogP contribution in [0.3, 0.4) is 0 Å². The lowest BCUT2D eigenvalue weighted by atomic mass is 10.2. The minimum absolute atomic E-state index is 0.0539. The van der Waals surface area contributed by atoms with Crippen molar-refractivity contribution >= 4 is 5.69 Å². The summed E-state index contributed by atoms with van der Waals surface area (Å²) < 4.78 is 16.6. The zero-order valence-corrected chi connectivity index (χ0v) is 14.9. The summed E-state index contributed by atoms with van der Waals surface area (Å²) in [5, 5.41) is 14.8. The Kier molecular flexibility index (Phi) is 4.59. The molecule has 2 aromatic carbocycles. The van der Waals surface area contributed by atoms with Crippen molar-refractivity contribution in [3.05, 3.63) is 82.1 Å². The Morgan fingerprint density at radius 2 is 1.93 bits per heavy atom. The van der Waals surface area contributed by atoms with Gasteiger partial charge in [0.1, 0.15) is 18.1 Å². The molecule has 8 nitrogen and oxygen atoms in total. The molecule has 0 aliphatic carbocycles. The summed E-state index contributed by atoms with van der Waals surface area (Å²) in [4.78, 5) is 14.8. The smallest absolute Gasteiger partial charge is 0.293 e. The van der Waals surface area contributed by atoms with Gasteiger partial charge in [-0.15, -0.1) is 0 Å². The van der Waals surface area contributed by atoms with E-state index in [1.165, 1.54) is 6.07 Å². The molecule has 28 heavy (non-hydrogen) atoms. The van der Waals surface area contributed by atoms with Crippen LogP contribution in [0.5, 0.6) is 5.75 Å². The third kappa shape index (κ3) is 3.61. The molecule has 4 rings (SSSR count). The molecule has 0 N–H and O–H groups in total. The molecular weight excluding hydrogens is 362 g/mol. The van der Waals surface area contributed by atoms with E-state index in [9.17, 15) is 10.1 Å². The fourth-order valence-electron chi connectivity index (χ4n) is 2.68. The number of nitro benzene ring substituents is 1. The normalized spacial score (nSPS) is 10.8. The summed E-state index contributed by atoms with van der Waals surface area (Å²) in [6.45, 7) is 1.83.